The third-order valence-corrected chi connectivity index (χ3v) is 10.7. The smallest absolute Gasteiger partial charge is 0.00878 e. The molecule has 4 nitrogen and oxygen atoms in total. The van der Waals surface area contributed by atoms with Crippen LogP contribution in [-0.2, 0) is 33.5 Å². The SMILES string of the molecule is CC(C)(C)[C](=[W]=[NH])c1c(-c2cccc(C(C)(C)C)c2O)cccc1-c1cccc(C(C)(C)C)c1O.[CH-]1CCCO1. The summed E-state index contributed by atoms with van der Waals surface area (Å²) in [6.45, 7) is 21.9. The molecule has 0 spiro atoms. The second kappa shape index (κ2) is 12.6. The number of ether oxygens (including phenoxy) is 1. The van der Waals surface area contributed by atoms with Gasteiger partial charge in [-0.25, -0.2) is 6.61 Å². The van der Waals surface area contributed by atoms with Crippen LogP contribution in [0.25, 0.3) is 22.3 Å². The fourth-order valence-electron chi connectivity index (χ4n) is 4.97. The van der Waals surface area contributed by atoms with Crippen molar-refractivity contribution in [3.8, 4) is 33.8 Å². The monoisotopic (exact) mass is 712 g/mol. The van der Waals surface area contributed by atoms with Gasteiger partial charge in [0.15, 0.2) is 0 Å². The molecular weight excluding hydrogens is 666 g/mol. The molecule has 0 saturated carbocycles. The van der Waals surface area contributed by atoms with E-state index in [4.69, 9.17) is 8.65 Å². The number of hydrogen-bond acceptors (Lipinski definition) is 4. The number of nitrogens with one attached hydrogen (secondary N) is 1. The van der Waals surface area contributed by atoms with Crippen molar-refractivity contribution in [1.29, 1.82) is 3.91 Å². The average molecular weight is 713 g/mol. The maximum atomic E-state index is 11.4. The van der Waals surface area contributed by atoms with Crippen molar-refractivity contribution in [3.05, 3.63) is 77.9 Å². The zero-order valence-corrected chi connectivity index (χ0v) is 28.5. The fraction of sp³-hybridized carbons (Fsp3) is 0.429. The molecule has 0 aliphatic carbocycles. The van der Waals surface area contributed by atoms with Gasteiger partial charge < -0.3 is 4.74 Å². The summed E-state index contributed by atoms with van der Waals surface area (Å²) in [6.07, 6.45) is 2.38. The van der Waals surface area contributed by atoms with Gasteiger partial charge in [0.25, 0.3) is 0 Å². The van der Waals surface area contributed by atoms with Crippen molar-refractivity contribution < 1.29 is 32.9 Å². The van der Waals surface area contributed by atoms with Crippen LogP contribution in [0.2, 0.25) is 0 Å². The summed E-state index contributed by atoms with van der Waals surface area (Å²) in [4.78, 5) is 0. The molecule has 4 rings (SSSR count). The van der Waals surface area contributed by atoms with Crippen LogP contribution in [0.1, 0.15) is 91.8 Å². The summed E-state index contributed by atoms with van der Waals surface area (Å²) in [7, 11) is 0. The Kier molecular flexibility index (Phi) is 10.1. The molecule has 3 aromatic carbocycles. The second-order valence-corrected chi connectivity index (χ2v) is 15.7. The van der Waals surface area contributed by atoms with Gasteiger partial charge in [0, 0.05) is 6.61 Å². The van der Waals surface area contributed by atoms with Crippen LogP contribution >= 0.6 is 0 Å². The first-order valence-electron chi connectivity index (χ1n) is 14.0. The van der Waals surface area contributed by atoms with Crippen molar-refractivity contribution in [3.63, 3.8) is 0 Å². The van der Waals surface area contributed by atoms with Gasteiger partial charge in [-0.15, -0.1) is 0 Å². The first-order valence-corrected chi connectivity index (χ1v) is 17.0. The third kappa shape index (κ3) is 7.25. The van der Waals surface area contributed by atoms with E-state index < -0.39 is 17.9 Å². The number of benzene rings is 3. The van der Waals surface area contributed by atoms with Crippen molar-refractivity contribution >= 4 is 3.90 Å². The average Bonchev–Trinajstić information content (AvgIpc) is 3.43. The molecule has 1 fully saturated rings. The summed E-state index contributed by atoms with van der Waals surface area (Å²) < 4.78 is 14.6. The molecule has 0 aromatic heterocycles. The Labute approximate surface area is 249 Å². The number of phenolic OH excluding ortho intramolecular Hbond substituents is 2. The quantitative estimate of drug-likeness (QED) is 0.237. The van der Waals surface area contributed by atoms with Gasteiger partial charge in [-0.1, -0.05) is 6.42 Å². The minimum Gasteiger partial charge on any atom is -0.552 e. The molecule has 0 unspecified atom stereocenters. The summed E-state index contributed by atoms with van der Waals surface area (Å²) in [5, 5.41) is 22.9. The third-order valence-electron chi connectivity index (χ3n) is 7.05. The number of hydrogen-bond donors (Lipinski definition) is 3. The molecule has 0 atom stereocenters. The Balaban J connectivity index is 0.000000792. The number of para-hydroxylation sites is 2. The van der Waals surface area contributed by atoms with Gasteiger partial charge in [-0.3, -0.25) is 0 Å². The maximum Gasteiger partial charge on any atom is 0.00878 e. The molecule has 3 N–H and O–H groups in total. The Morgan fingerprint density at radius 3 is 1.45 bits per heavy atom. The molecule has 40 heavy (non-hydrogen) atoms. The molecule has 5 heteroatoms. The summed E-state index contributed by atoms with van der Waals surface area (Å²) >= 11 is -1.61. The van der Waals surface area contributed by atoms with Crippen molar-refractivity contribution in [1.82, 2.24) is 0 Å². The molecular formula is C35H46NO3W-. The molecule has 0 radical (unpaired) electrons. The topological polar surface area (TPSA) is 73.5 Å². The van der Waals surface area contributed by atoms with Crippen LogP contribution in [0.5, 0.6) is 11.5 Å². The van der Waals surface area contributed by atoms with E-state index >= 15 is 0 Å². The van der Waals surface area contributed by atoms with E-state index in [1.807, 2.05) is 61.2 Å². The van der Waals surface area contributed by atoms with E-state index in [9.17, 15) is 10.2 Å². The Morgan fingerprint density at radius 2 is 1.15 bits per heavy atom. The van der Waals surface area contributed by atoms with E-state index in [2.05, 4.69) is 62.3 Å². The van der Waals surface area contributed by atoms with Gasteiger partial charge in [0.05, 0.1) is 0 Å². The number of aromatic hydroxyl groups is 2. The molecule has 3 aromatic rings. The molecule has 1 aliphatic rings. The minimum absolute atomic E-state index is 0.203. The second-order valence-electron chi connectivity index (χ2n) is 13.5. The molecule has 0 amide bonds. The predicted octanol–water partition coefficient (Wildman–Crippen LogP) is 9.40. The standard InChI is InChI=1S/C31H38O2.C4H7O.HN.W/c1-29(2,3)19-24-20(22-15-11-17-25(27(22)32)30(4,5)6)13-10-14-21(24)23-16-12-18-26(28(23)33)31(7,8)9;1-2-4-5-3-1;;/h10-18,32-33H,1-9H3;3H,1-2,4H2;1H;/q;-1;;. The van der Waals surface area contributed by atoms with E-state index in [1.165, 1.54) is 6.42 Å². The summed E-state index contributed by atoms with van der Waals surface area (Å²) in [5.74, 6) is 0.573. The van der Waals surface area contributed by atoms with E-state index in [0.717, 1.165) is 55.9 Å². The Morgan fingerprint density at radius 1 is 0.725 bits per heavy atom. The zero-order valence-electron chi connectivity index (χ0n) is 25.6. The van der Waals surface area contributed by atoms with E-state index in [-0.39, 0.29) is 27.7 Å². The minimum atomic E-state index is -1.61. The summed E-state index contributed by atoms with van der Waals surface area (Å²) in [6, 6.07) is 18.0. The first kappa shape index (κ1) is 32.1. The van der Waals surface area contributed by atoms with E-state index in [0.29, 0.717) is 0 Å². The Hall–Kier alpha value is -2.42. The van der Waals surface area contributed by atoms with Crippen molar-refractivity contribution in [2.24, 2.45) is 5.41 Å². The number of phenols is 2. The Bertz CT molecular complexity index is 1300. The van der Waals surface area contributed by atoms with Gasteiger partial charge >= 0.3 is 220 Å². The first-order chi connectivity index (χ1) is 18.6. The predicted molar refractivity (Wildman–Crippen MR) is 164 cm³/mol. The van der Waals surface area contributed by atoms with Gasteiger partial charge in [-0.05, 0) is 0 Å². The van der Waals surface area contributed by atoms with Crippen LogP contribution in [0.3, 0.4) is 0 Å². The molecule has 1 aliphatic heterocycles. The molecule has 1 heterocycles. The van der Waals surface area contributed by atoms with Crippen LogP contribution in [0.15, 0.2) is 54.6 Å². The molecule has 1 saturated heterocycles. The number of rotatable bonds is 3. The van der Waals surface area contributed by atoms with Gasteiger partial charge in [0.2, 0.25) is 0 Å². The summed E-state index contributed by atoms with van der Waals surface area (Å²) in [5.41, 5.74) is 5.55. The van der Waals surface area contributed by atoms with Gasteiger partial charge in [0.1, 0.15) is 0 Å². The molecule has 216 valence electrons. The molecule has 0 bridgehead atoms. The van der Waals surface area contributed by atoms with E-state index in [1.54, 1.807) is 0 Å². The van der Waals surface area contributed by atoms with Crippen molar-refractivity contribution in [2.75, 3.05) is 6.61 Å². The maximum absolute atomic E-state index is 11.4. The van der Waals surface area contributed by atoms with Crippen LogP contribution in [0.4, 0.5) is 0 Å². The van der Waals surface area contributed by atoms with Gasteiger partial charge in [-0.2, -0.15) is 6.42 Å². The normalized spacial score (nSPS) is 13.9. The van der Waals surface area contributed by atoms with Crippen LogP contribution in [-0.4, -0.2) is 20.7 Å². The fourth-order valence-corrected chi connectivity index (χ4v) is 7.23. The largest absolute Gasteiger partial charge is 0.552 e. The van der Waals surface area contributed by atoms with Crippen LogP contribution < -0.4 is 0 Å². The zero-order chi connectivity index (χ0) is 29.9. The van der Waals surface area contributed by atoms with Crippen LogP contribution in [0, 0.1) is 15.9 Å². The van der Waals surface area contributed by atoms with Crippen molar-refractivity contribution in [2.45, 2.75) is 86.0 Å².